The van der Waals surface area contributed by atoms with Crippen LogP contribution in [-0.4, -0.2) is 86.1 Å². The molecule has 0 unspecified atom stereocenters. The third-order valence-corrected chi connectivity index (χ3v) is 6.48. The Morgan fingerprint density at radius 1 is 1.22 bits per heavy atom. The van der Waals surface area contributed by atoms with Crippen LogP contribution in [0.2, 0.25) is 0 Å². The molecule has 1 amide bonds. The SMILES string of the molecule is Cc1noc(C)c1S(=O)(=O)N1CCN(C(=O)CN(C)CCC(F)(F)F)CC1. The molecule has 0 N–H and O–H groups in total. The molecule has 1 aromatic heterocycles. The van der Waals surface area contributed by atoms with Crippen molar-refractivity contribution in [1.29, 1.82) is 0 Å². The van der Waals surface area contributed by atoms with Gasteiger partial charge in [0, 0.05) is 32.7 Å². The fourth-order valence-electron chi connectivity index (χ4n) is 2.88. The number of carbonyl (C=O) groups excluding carboxylic acids is 1. The Labute approximate surface area is 155 Å². The highest BCUT2D eigenvalue weighted by molar-refractivity contribution is 7.89. The molecule has 1 saturated heterocycles. The number of hydrogen-bond donors (Lipinski definition) is 0. The summed E-state index contributed by atoms with van der Waals surface area (Å²) in [7, 11) is -2.33. The lowest BCUT2D eigenvalue weighted by Crippen LogP contribution is -2.52. The van der Waals surface area contributed by atoms with E-state index in [0.717, 1.165) is 0 Å². The molecule has 1 aromatic rings. The van der Waals surface area contributed by atoms with Crippen LogP contribution in [0.3, 0.4) is 0 Å². The summed E-state index contributed by atoms with van der Waals surface area (Å²) < 4.78 is 68.4. The number of nitrogens with zero attached hydrogens (tertiary/aromatic N) is 4. The first kappa shape index (κ1) is 21.6. The van der Waals surface area contributed by atoms with Gasteiger partial charge in [0.05, 0.1) is 13.0 Å². The molecule has 0 radical (unpaired) electrons. The van der Waals surface area contributed by atoms with Gasteiger partial charge in [0.1, 0.15) is 10.6 Å². The predicted molar refractivity (Wildman–Crippen MR) is 89.5 cm³/mol. The van der Waals surface area contributed by atoms with Crippen LogP contribution in [0.4, 0.5) is 13.2 Å². The molecule has 1 aliphatic rings. The fraction of sp³-hybridized carbons (Fsp3) is 0.733. The predicted octanol–water partition coefficient (Wildman–Crippen LogP) is 1.01. The maximum Gasteiger partial charge on any atom is 0.390 e. The van der Waals surface area contributed by atoms with Crippen LogP contribution in [0.5, 0.6) is 0 Å². The second-order valence-electron chi connectivity index (χ2n) is 6.54. The Kier molecular flexibility index (Phi) is 6.53. The fourth-order valence-corrected chi connectivity index (χ4v) is 4.59. The van der Waals surface area contributed by atoms with Gasteiger partial charge in [-0.3, -0.25) is 9.69 Å². The van der Waals surface area contributed by atoms with Crippen molar-refractivity contribution in [2.24, 2.45) is 0 Å². The smallest absolute Gasteiger partial charge is 0.360 e. The molecule has 0 saturated carbocycles. The van der Waals surface area contributed by atoms with E-state index in [9.17, 15) is 26.4 Å². The highest BCUT2D eigenvalue weighted by Crippen LogP contribution is 2.24. The van der Waals surface area contributed by atoms with E-state index in [2.05, 4.69) is 5.16 Å². The zero-order valence-corrected chi connectivity index (χ0v) is 16.2. The van der Waals surface area contributed by atoms with Gasteiger partial charge in [-0.1, -0.05) is 5.16 Å². The van der Waals surface area contributed by atoms with E-state index in [-0.39, 0.29) is 61.5 Å². The van der Waals surface area contributed by atoms with E-state index in [4.69, 9.17) is 4.52 Å². The van der Waals surface area contributed by atoms with Gasteiger partial charge in [0.25, 0.3) is 0 Å². The first-order valence-electron chi connectivity index (χ1n) is 8.38. The van der Waals surface area contributed by atoms with Gasteiger partial charge in [-0.05, 0) is 20.9 Å². The second-order valence-corrected chi connectivity index (χ2v) is 8.42. The highest BCUT2D eigenvalue weighted by atomic mass is 32.2. The summed E-state index contributed by atoms with van der Waals surface area (Å²) in [6, 6.07) is 0. The van der Waals surface area contributed by atoms with E-state index >= 15 is 0 Å². The van der Waals surface area contributed by atoms with Crippen molar-refractivity contribution in [1.82, 2.24) is 19.3 Å². The van der Waals surface area contributed by atoms with Gasteiger partial charge in [-0.2, -0.15) is 17.5 Å². The van der Waals surface area contributed by atoms with Crippen LogP contribution in [0.1, 0.15) is 17.9 Å². The third kappa shape index (κ3) is 5.42. The van der Waals surface area contributed by atoms with E-state index in [1.807, 2.05) is 0 Å². The zero-order valence-electron chi connectivity index (χ0n) is 15.4. The molecule has 0 atom stereocenters. The maximum atomic E-state index is 12.7. The molecule has 1 aliphatic heterocycles. The lowest BCUT2D eigenvalue weighted by Gasteiger charge is -2.34. The molecular weight excluding hydrogens is 389 g/mol. The Bertz CT molecular complexity index is 751. The highest BCUT2D eigenvalue weighted by Gasteiger charge is 2.34. The number of piperazine rings is 1. The number of halogens is 3. The van der Waals surface area contributed by atoms with Gasteiger partial charge < -0.3 is 9.42 Å². The first-order valence-corrected chi connectivity index (χ1v) is 9.82. The summed E-state index contributed by atoms with van der Waals surface area (Å²) in [5.74, 6) is -0.119. The zero-order chi connectivity index (χ0) is 20.4. The summed E-state index contributed by atoms with van der Waals surface area (Å²) in [6.45, 7) is 3.20. The lowest BCUT2D eigenvalue weighted by atomic mass is 10.3. The molecule has 0 aliphatic carbocycles. The van der Waals surface area contributed by atoms with Gasteiger partial charge in [0.2, 0.25) is 15.9 Å². The summed E-state index contributed by atoms with van der Waals surface area (Å²) >= 11 is 0. The number of carbonyl (C=O) groups is 1. The second kappa shape index (κ2) is 8.15. The number of aromatic nitrogens is 1. The number of amides is 1. The molecule has 0 aromatic carbocycles. The van der Waals surface area contributed by atoms with Crippen molar-refractivity contribution in [3.63, 3.8) is 0 Å². The number of sulfonamides is 1. The summed E-state index contributed by atoms with van der Waals surface area (Å²) in [6.07, 6.45) is -5.25. The van der Waals surface area contributed by atoms with Crippen LogP contribution < -0.4 is 0 Å². The Morgan fingerprint density at radius 3 is 2.30 bits per heavy atom. The Hall–Kier alpha value is -1.66. The van der Waals surface area contributed by atoms with Crippen LogP contribution in [0, 0.1) is 13.8 Å². The summed E-state index contributed by atoms with van der Waals surface area (Å²) in [5.41, 5.74) is 0.275. The number of aryl methyl sites for hydroxylation is 2. The minimum absolute atomic E-state index is 0.0363. The number of rotatable bonds is 6. The molecule has 12 heteroatoms. The third-order valence-electron chi connectivity index (χ3n) is 4.34. The number of alkyl halides is 3. The van der Waals surface area contributed by atoms with Gasteiger partial charge >= 0.3 is 6.18 Å². The topological polar surface area (TPSA) is 87.0 Å². The average Bonchev–Trinajstić information content (AvgIpc) is 2.91. The van der Waals surface area contributed by atoms with Gasteiger partial charge in [0.15, 0.2) is 5.76 Å². The summed E-state index contributed by atoms with van der Waals surface area (Å²) in [5, 5.41) is 3.66. The van der Waals surface area contributed by atoms with Crippen molar-refractivity contribution in [2.45, 2.75) is 31.3 Å². The van der Waals surface area contributed by atoms with Crippen molar-refractivity contribution < 1.29 is 30.9 Å². The van der Waals surface area contributed by atoms with Crippen molar-refractivity contribution in [3.05, 3.63) is 11.5 Å². The molecular formula is C15H23F3N4O4S. The van der Waals surface area contributed by atoms with E-state index in [0.29, 0.717) is 0 Å². The van der Waals surface area contributed by atoms with Crippen molar-refractivity contribution >= 4 is 15.9 Å². The molecule has 2 heterocycles. The maximum absolute atomic E-state index is 12.7. The first-order chi connectivity index (χ1) is 12.4. The van der Waals surface area contributed by atoms with Gasteiger partial charge in [-0.25, -0.2) is 8.42 Å². The Balaban J connectivity index is 1.90. The largest absolute Gasteiger partial charge is 0.390 e. The molecule has 27 heavy (non-hydrogen) atoms. The molecule has 1 fully saturated rings. The minimum Gasteiger partial charge on any atom is -0.360 e. The molecule has 0 spiro atoms. The van der Waals surface area contributed by atoms with Crippen molar-refractivity contribution in [2.75, 3.05) is 46.3 Å². The van der Waals surface area contributed by atoms with E-state index in [1.165, 1.54) is 28.1 Å². The summed E-state index contributed by atoms with van der Waals surface area (Å²) in [4.78, 5) is 15.0. The van der Waals surface area contributed by atoms with Crippen LogP contribution >= 0.6 is 0 Å². The lowest BCUT2D eigenvalue weighted by molar-refractivity contribution is -0.141. The number of likely N-dealkylation sites (N-methyl/N-ethyl adjacent to an activating group) is 1. The van der Waals surface area contributed by atoms with E-state index in [1.54, 1.807) is 6.92 Å². The van der Waals surface area contributed by atoms with Crippen LogP contribution in [0.15, 0.2) is 9.42 Å². The van der Waals surface area contributed by atoms with Crippen LogP contribution in [0.25, 0.3) is 0 Å². The van der Waals surface area contributed by atoms with Crippen molar-refractivity contribution in [3.8, 4) is 0 Å². The number of hydrogen-bond acceptors (Lipinski definition) is 6. The molecule has 154 valence electrons. The molecule has 8 nitrogen and oxygen atoms in total. The monoisotopic (exact) mass is 412 g/mol. The van der Waals surface area contributed by atoms with Crippen LogP contribution in [-0.2, 0) is 14.8 Å². The molecule has 2 rings (SSSR count). The van der Waals surface area contributed by atoms with Gasteiger partial charge in [-0.15, -0.1) is 0 Å². The normalized spacial score (nSPS) is 16.9. The average molecular weight is 412 g/mol. The Morgan fingerprint density at radius 2 is 1.81 bits per heavy atom. The standard InChI is InChI=1S/C15H23F3N4O4S/c1-11-14(12(2)26-19-11)27(24,25)22-8-6-21(7-9-22)13(23)10-20(3)5-4-15(16,17)18/h4-10H2,1-3H3. The minimum atomic E-state index is -4.27. The molecule has 0 bridgehead atoms. The quantitative estimate of drug-likeness (QED) is 0.693. The van der Waals surface area contributed by atoms with E-state index < -0.39 is 22.6 Å².